The molecule has 3 heteroatoms. The highest BCUT2D eigenvalue weighted by Gasteiger charge is 2.10. The molecule has 2 atom stereocenters. The van der Waals surface area contributed by atoms with Crippen LogP contribution in [0.2, 0.25) is 5.02 Å². The number of hydrogen-bond acceptors (Lipinski definition) is 2. The molecule has 1 aromatic rings. The summed E-state index contributed by atoms with van der Waals surface area (Å²) in [6.45, 7) is 5.21. The van der Waals surface area contributed by atoms with Gasteiger partial charge in [-0.2, -0.15) is 0 Å². The molecule has 1 rings (SSSR count). The van der Waals surface area contributed by atoms with Gasteiger partial charge in [-0.3, -0.25) is 0 Å². The summed E-state index contributed by atoms with van der Waals surface area (Å²) in [6, 6.07) is 8.24. The van der Waals surface area contributed by atoms with Crippen LogP contribution in [-0.4, -0.2) is 18.3 Å². The van der Waals surface area contributed by atoms with Crippen LogP contribution in [-0.2, 0) is 0 Å². The summed E-state index contributed by atoms with van der Waals surface area (Å²) in [5, 5.41) is 13.2. The number of benzene rings is 1. The largest absolute Gasteiger partial charge is 0.396 e. The minimum absolute atomic E-state index is 0.221. The fraction of sp³-hybridized carbons (Fsp3) is 0.538. The molecule has 0 aliphatic rings. The lowest BCUT2D eigenvalue weighted by molar-refractivity contribution is 0.229. The van der Waals surface area contributed by atoms with E-state index < -0.39 is 0 Å². The number of hydrogen-bond donors (Lipinski definition) is 2. The van der Waals surface area contributed by atoms with Crippen LogP contribution in [0.4, 0.5) is 0 Å². The zero-order valence-electron chi connectivity index (χ0n) is 9.91. The molecular weight excluding hydrogens is 222 g/mol. The fourth-order valence-corrected chi connectivity index (χ4v) is 1.83. The molecule has 0 aliphatic heterocycles. The second-order valence-corrected chi connectivity index (χ2v) is 4.65. The Morgan fingerprint density at radius 3 is 2.75 bits per heavy atom. The van der Waals surface area contributed by atoms with Crippen LogP contribution in [0.25, 0.3) is 0 Å². The molecule has 0 bridgehead atoms. The first-order chi connectivity index (χ1) is 7.67. The Bertz CT molecular complexity index is 317. The predicted molar refractivity (Wildman–Crippen MR) is 68.7 cm³/mol. The first-order valence-electron chi connectivity index (χ1n) is 5.77. The monoisotopic (exact) mass is 241 g/mol. The maximum Gasteiger partial charge on any atom is 0.0468 e. The van der Waals surface area contributed by atoms with Crippen molar-refractivity contribution in [1.29, 1.82) is 0 Å². The van der Waals surface area contributed by atoms with Gasteiger partial charge in [0.25, 0.3) is 0 Å². The molecule has 0 amide bonds. The summed E-state index contributed by atoms with van der Waals surface area (Å²) in [6.07, 6.45) is 1.01. The van der Waals surface area contributed by atoms with E-state index in [1.54, 1.807) is 0 Å². The number of nitrogens with one attached hydrogen (secondary N) is 1. The summed E-state index contributed by atoms with van der Waals surface area (Å²) in [5.41, 5.74) is 1.21. The highest BCUT2D eigenvalue weighted by Crippen LogP contribution is 2.20. The van der Waals surface area contributed by atoms with E-state index in [0.29, 0.717) is 6.04 Å². The zero-order chi connectivity index (χ0) is 12.0. The highest BCUT2D eigenvalue weighted by molar-refractivity contribution is 6.30. The van der Waals surface area contributed by atoms with Crippen LogP contribution in [0, 0.1) is 5.92 Å². The molecule has 0 fully saturated rings. The summed E-state index contributed by atoms with van der Waals surface area (Å²) in [4.78, 5) is 0. The van der Waals surface area contributed by atoms with Gasteiger partial charge in [-0.25, -0.2) is 0 Å². The SMILES string of the molecule is CCC(NCC(C)CO)c1cccc(Cl)c1. The number of aliphatic hydroxyl groups excluding tert-OH is 1. The van der Waals surface area contributed by atoms with E-state index in [-0.39, 0.29) is 12.5 Å². The molecule has 0 radical (unpaired) electrons. The molecule has 0 saturated carbocycles. The minimum atomic E-state index is 0.221. The maximum atomic E-state index is 8.97. The molecule has 2 N–H and O–H groups in total. The molecule has 0 heterocycles. The molecule has 90 valence electrons. The van der Waals surface area contributed by atoms with Crippen molar-refractivity contribution in [3.63, 3.8) is 0 Å². The summed E-state index contributed by atoms with van der Waals surface area (Å²) >= 11 is 5.97. The van der Waals surface area contributed by atoms with Crippen molar-refractivity contribution >= 4 is 11.6 Å². The van der Waals surface area contributed by atoms with Crippen molar-refractivity contribution in [3.05, 3.63) is 34.9 Å². The molecule has 0 aliphatic carbocycles. The molecule has 2 unspecified atom stereocenters. The van der Waals surface area contributed by atoms with Crippen molar-refractivity contribution in [2.75, 3.05) is 13.2 Å². The third-order valence-corrected chi connectivity index (χ3v) is 2.92. The molecule has 0 spiro atoms. The van der Waals surface area contributed by atoms with Gasteiger partial charge in [0.05, 0.1) is 0 Å². The smallest absolute Gasteiger partial charge is 0.0468 e. The Morgan fingerprint density at radius 1 is 1.44 bits per heavy atom. The van der Waals surface area contributed by atoms with Gasteiger partial charge in [0, 0.05) is 24.2 Å². The second kappa shape index (κ2) is 6.89. The van der Waals surface area contributed by atoms with E-state index in [9.17, 15) is 0 Å². The number of halogens is 1. The standard InChI is InChI=1S/C13H20ClNO/c1-3-13(15-8-10(2)9-16)11-5-4-6-12(14)7-11/h4-7,10,13,15-16H,3,8-9H2,1-2H3. The Kier molecular flexibility index (Phi) is 5.81. The van der Waals surface area contributed by atoms with Gasteiger partial charge < -0.3 is 10.4 Å². The van der Waals surface area contributed by atoms with Crippen LogP contribution >= 0.6 is 11.6 Å². The topological polar surface area (TPSA) is 32.3 Å². The minimum Gasteiger partial charge on any atom is -0.396 e. The van der Waals surface area contributed by atoms with Crippen molar-refractivity contribution < 1.29 is 5.11 Å². The van der Waals surface area contributed by atoms with E-state index in [1.165, 1.54) is 5.56 Å². The Balaban J connectivity index is 2.60. The van der Waals surface area contributed by atoms with Crippen molar-refractivity contribution in [2.45, 2.75) is 26.3 Å². The quantitative estimate of drug-likeness (QED) is 0.803. The van der Waals surface area contributed by atoms with Crippen LogP contribution in [0.1, 0.15) is 31.9 Å². The van der Waals surface area contributed by atoms with E-state index in [4.69, 9.17) is 16.7 Å². The van der Waals surface area contributed by atoms with E-state index >= 15 is 0 Å². The van der Waals surface area contributed by atoms with Gasteiger partial charge in [0.2, 0.25) is 0 Å². The van der Waals surface area contributed by atoms with E-state index in [1.807, 2.05) is 25.1 Å². The van der Waals surface area contributed by atoms with Crippen LogP contribution in [0.15, 0.2) is 24.3 Å². The Hall–Kier alpha value is -0.570. The van der Waals surface area contributed by atoms with Gasteiger partial charge in [-0.15, -0.1) is 0 Å². The lowest BCUT2D eigenvalue weighted by Crippen LogP contribution is -2.27. The van der Waals surface area contributed by atoms with Crippen LogP contribution in [0.5, 0.6) is 0 Å². The predicted octanol–water partition coefficient (Wildman–Crippen LogP) is 3.01. The average molecular weight is 242 g/mol. The first kappa shape index (κ1) is 13.5. The van der Waals surface area contributed by atoms with Crippen LogP contribution in [0.3, 0.4) is 0 Å². The van der Waals surface area contributed by atoms with E-state index in [0.717, 1.165) is 18.0 Å². The van der Waals surface area contributed by atoms with Gasteiger partial charge in [0.15, 0.2) is 0 Å². The molecule has 1 aromatic carbocycles. The van der Waals surface area contributed by atoms with Gasteiger partial charge in [-0.05, 0) is 30.0 Å². The summed E-state index contributed by atoms with van der Waals surface area (Å²) in [5.74, 6) is 0.285. The third kappa shape index (κ3) is 4.12. The van der Waals surface area contributed by atoms with Crippen molar-refractivity contribution in [1.82, 2.24) is 5.32 Å². The summed E-state index contributed by atoms with van der Waals surface area (Å²) in [7, 11) is 0. The van der Waals surface area contributed by atoms with Crippen molar-refractivity contribution in [3.8, 4) is 0 Å². The van der Waals surface area contributed by atoms with E-state index in [2.05, 4.69) is 18.3 Å². The number of rotatable bonds is 6. The normalized spacial score (nSPS) is 14.8. The van der Waals surface area contributed by atoms with Crippen LogP contribution < -0.4 is 5.32 Å². The van der Waals surface area contributed by atoms with Crippen molar-refractivity contribution in [2.24, 2.45) is 5.92 Å². The van der Waals surface area contributed by atoms with Gasteiger partial charge in [-0.1, -0.05) is 37.6 Å². The molecular formula is C13H20ClNO. The molecule has 16 heavy (non-hydrogen) atoms. The third-order valence-electron chi connectivity index (χ3n) is 2.68. The molecule has 2 nitrogen and oxygen atoms in total. The Morgan fingerprint density at radius 2 is 2.19 bits per heavy atom. The molecule has 0 saturated heterocycles. The molecule has 0 aromatic heterocycles. The highest BCUT2D eigenvalue weighted by atomic mass is 35.5. The van der Waals surface area contributed by atoms with Gasteiger partial charge in [0.1, 0.15) is 0 Å². The number of aliphatic hydroxyl groups is 1. The lowest BCUT2D eigenvalue weighted by Gasteiger charge is -2.19. The summed E-state index contributed by atoms with van der Waals surface area (Å²) < 4.78 is 0. The Labute approximate surface area is 103 Å². The maximum absolute atomic E-state index is 8.97. The first-order valence-corrected chi connectivity index (χ1v) is 6.14. The lowest BCUT2D eigenvalue weighted by atomic mass is 10.0. The van der Waals surface area contributed by atoms with Gasteiger partial charge >= 0.3 is 0 Å². The second-order valence-electron chi connectivity index (χ2n) is 4.21. The fourth-order valence-electron chi connectivity index (χ4n) is 1.63. The average Bonchev–Trinajstić information content (AvgIpc) is 2.29. The zero-order valence-corrected chi connectivity index (χ0v) is 10.7.